The SMILES string of the molecule is Cc1[nH]c2ccccc2c1/C=N/Nc1ncnc2sc3c(c12)CCCC3. The summed E-state index contributed by atoms with van der Waals surface area (Å²) in [5.41, 5.74) is 7.92. The van der Waals surface area contributed by atoms with Gasteiger partial charge in [-0.25, -0.2) is 9.97 Å². The van der Waals surface area contributed by atoms with Crippen molar-refractivity contribution in [1.82, 2.24) is 15.0 Å². The van der Waals surface area contributed by atoms with Crippen LogP contribution in [0.4, 0.5) is 5.82 Å². The predicted molar refractivity (Wildman–Crippen MR) is 108 cm³/mol. The molecule has 0 saturated carbocycles. The summed E-state index contributed by atoms with van der Waals surface area (Å²) in [5, 5.41) is 6.82. The van der Waals surface area contributed by atoms with Crippen LogP contribution in [0.3, 0.4) is 0 Å². The second-order valence-corrected chi connectivity index (χ2v) is 7.78. The number of benzene rings is 1. The van der Waals surface area contributed by atoms with Gasteiger partial charge in [0.1, 0.15) is 11.2 Å². The number of anilines is 1. The Labute approximate surface area is 155 Å². The molecule has 5 nitrogen and oxygen atoms in total. The Morgan fingerprint density at radius 2 is 2.08 bits per heavy atom. The third-order valence-electron chi connectivity index (χ3n) is 5.06. The lowest BCUT2D eigenvalue weighted by Gasteiger charge is -2.11. The maximum absolute atomic E-state index is 4.49. The summed E-state index contributed by atoms with van der Waals surface area (Å²) in [7, 11) is 0. The van der Waals surface area contributed by atoms with Crippen LogP contribution in [0.5, 0.6) is 0 Å². The molecule has 0 atom stereocenters. The number of aromatic nitrogens is 3. The Hall–Kier alpha value is -2.73. The van der Waals surface area contributed by atoms with E-state index in [0.717, 1.165) is 45.7 Å². The summed E-state index contributed by atoms with van der Waals surface area (Å²) >= 11 is 1.80. The number of para-hydroxylation sites is 1. The zero-order chi connectivity index (χ0) is 17.5. The van der Waals surface area contributed by atoms with E-state index in [2.05, 4.69) is 44.5 Å². The van der Waals surface area contributed by atoms with Crippen LogP contribution in [0.15, 0.2) is 35.7 Å². The van der Waals surface area contributed by atoms with Gasteiger partial charge in [-0.05, 0) is 44.2 Å². The van der Waals surface area contributed by atoms with E-state index >= 15 is 0 Å². The molecule has 0 amide bonds. The quantitative estimate of drug-likeness (QED) is 0.407. The minimum absolute atomic E-state index is 0.808. The molecule has 4 aromatic rings. The predicted octanol–water partition coefficient (Wildman–Crippen LogP) is 4.81. The van der Waals surface area contributed by atoms with E-state index in [4.69, 9.17) is 0 Å². The summed E-state index contributed by atoms with van der Waals surface area (Å²) in [6, 6.07) is 8.28. The second kappa shape index (κ2) is 6.21. The number of H-pyrrole nitrogens is 1. The number of hydrogen-bond acceptors (Lipinski definition) is 5. The van der Waals surface area contributed by atoms with E-state index in [0.29, 0.717) is 0 Å². The molecule has 3 heterocycles. The number of thiophene rings is 1. The van der Waals surface area contributed by atoms with Gasteiger partial charge in [-0.15, -0.1) is 11.3 Å². The smallest absolute Gasteiger partial charge is 0.158 e. The molecule has 6 heteroatoms. The second-order valence-electron chi connectivity index (χ2n) is 6.69. The summed E-state index contributed by atoms with van der Waals surface area (Å²) in [4.78, 5) is 14.9. The number of aryl methyl sites for hydroxylation is 3. The maximum Gasteiger partial charge on any atom is 0.158 e. The van der Waals surface area contributed by atoms with Gasteiger partial charge >= 0.3 is 0 Å². The van der Waals surface area contributed by atoms with Crippen molar-refractivity contribution in [2.75, 3.05) is 5.43 Å². The average Bonchev–Trinajstić information content (AvgIpc) is 3.20. The number of rotatable bonds is 3. The molecule has 0 radical (unpaired) electrons. The van der Waals surface area contributed by atoms with E-state index in [1.807, 2.05) is 18.3 Å². The Morgan fingerprint density at radius 1 is 1.19 bits per heavy atom. The molecule has 130 valence electrons. The fourth-order valence-corrected chi connectivity index (χ4v) is 5.03. The lowest BCUT2D eigenvalue weighted by atomic mass is 9.97. The molecule has 0 aliphatic heterocycles. The van der Waals surface area contributed by atoms with Crippen molar-refractivity contribution in [2.24, 2.45) is 5.10 Å². The van der Waals surface area contributed by atoms with Crippen molar-refractivity contribution in [3.63, 3.8) is 0 Å². The van der Waals surface area contributed by atoms with Gasteiger partial charge in [0.25, 0.3) is 0 Å². The van der Waals surface area contributed by atoms with Crippen LogP contribution in [0.2, 0.25) is 0 Å². The first-order chi connectivity index (χ1) is 12.8. The Balaban J connectivity index is 1.51. The van der Waals surface area contributed by atoms with Gasteiger partial charge in [0.2, 0.25) is 0 Å². The molecular formula is C20H19N5S. The van der Waals surface area contributed by atoms with Gasteiger partial charge in [0.05, 0.1) is 11.6 Å². The minimum Gasteiger partial charge on any atom is -0.358 e. The van der Waals surface area contributed by atoms with Gasteiger partial charge in [0, 0.05) is 27.0 Å². The third-order valence-corrected chi connectivity index (χ3v) is 6.26. The monoisotopic (exact) mass is 361 g/mol. The molecule has 0 fully saturated rings. The zero-order valence-corrected chi connectivity index (χ0v) is 15.4. The number of hydrogen-bond donors (Lipinski definition) is 2. The molecule has 2 N–H and O–H groups in total. The topological polar surface area (TPSA) is 66.0 Å². The number of fused-ring (bicyclic) bond motifs is 4. The molecule has 0 unspecified atom stereocenters. The average molecular weight is 361 g/mol. The number of aromatic amines is 1. The van der Waals surface area contributed by atoms with Crippen LogP contribution in [0, 0.1) is 6.92 Å². The van der Waals surface area contributed by atoms with Gasteiger partial charge in [-0.3, -0.25) is 5.43 Å². The molecule has 0 spiro atoms. The molecule has 5 rings (SSSR count). The van der Waals surface area contributed by atoms with Gasteiger partial charge < -0.3 is 4.98 Å². The highest BCUT2D eigenvalue weighted by Crippen LogP contribution is 2.38. The summed E-state index contributed by atoms with van der Waals surface area (Å²) in [6.07, 6.45) is 8.29. The van der Waals surface area contributed by atoms with Crippen molar-refractivity contribution in [3.05, 3.63) is 52.3 Å². The van der Waals surface area contributed by atoms with Crippen LogP contribution < -0.4 is 5.43 Å². The van der Waals surface area contributed by atoms with E-state index in [1.54, 1.807) is 17.7 Å². The number of nitrogens with zero attached hydrogens (tertiary/aromatic N) is 3. The summed E-state index contributed by atoms with van der Waals surface area (Å²) < 4.78 is 0. The van der Waals surface area contributed by atoms with E-state index in [1.165, 1.54) is 28.7 Å². The Morgan fingerprint density at radius 3 is 3.04 bits per heavy atom. The van der Waals surface area contributed by atoms with Crippen LogP contribution >= 0.6 is 11.3 Å². The van der Waals surface area contributed by atoms with Gasteiger partial charge in [-0.1, -0.05) is 18.2 Å². The largest absolute Gasteiger partial charge is 0.358 e. The molecule has 3 aromatic heterocycles. The highest BCUT2D eigenvalue weighted by molar-refractivity contribution is 7.19. The fourth-order valence-electron chi connectivity index (χ4n) is 3.80. The molecule has 1 aliphatic carbocycles. The van der Waals surface area contributed by atoms with Crippen LogP contribution in [0.25, 0.3) is 21.1 Å². The van der Waals surface area contributed by atoms with E-state index < -0.39 is 0 Å². The Kier molecular flexibility index (Phi) is 3.71. The first-order valence-corrected chi connectivity index (χ1v) is 9.74. The van der Waals surface area contributed by atoms with Gasteiger partial charge in [0.15, 0.2) is 5.82 Å². The van der Waals surface area contributed by atoms with Crippen molar-refractivity contribution in [3.8, 4) is 0 Å². The Bertz CT molecular complexity index is 1140. The van der Waals surface area contributed by atoms with E-state index in [-0.39, 0.29) is 0 Å². The standard InChI is InChI=1S/C20H19N5S/c1-12-15(13-6-2-4-8-16(13)24-12)10-23-25-19-18-14-7-3-5-9-17(14)26-20(18)22-11-21-19/h2,4,6,8,10-11,24H,3,5,7,9H2,1H3,(H,21,22,25)/b23-10+. The highest BCUT2D eigenvalue weighted by atomic mass is 32.1. The molecule has 0 bridgehead atoms. The van der Waals surface area contributed by atoms with Crippen LogP contribution in [-0.4, -0.2) is 21.2 Å². The first-order valence-electron chi connectivity index (χ1n) is 8.93. The number of hydrazone groups is 1. The molecule has 0 saturated heterocycles. The molecule has 26 heavy (non-hydrogen) atoms. The molecule has 1 aromatic carbocycles. The van der Waals surface area contributed by atoms with Crippen molar-refractivity contribution in [1.29, 1.82) is 0 Å². The van der Waals surface area contributed by atoms with Crippen LogP contribution in [0.1, 0.15) is 34.5 Å². The fraction of sp³-hybridized carbons (Fsp3) is 0.250. The lowest BCUT2D eigenvalue weighted by molar-refractivity contribution is 0.700. The number of nitrogens with one attached hydrogen (secondary N) is 2. The van der Waals surface area contributed by atoms with Crippen molar-refractivity contribution >= 4 is 44.5 Å². The summed E-state index contributed by atoms with van der Waals surface area (Å²) in [6.45, 7) is 2.07. The first kappa shape index (κ1) is 15.5. The van der Waals surface area contributed by atoms with E-state index in [9.17, 15) is 0 Å². The maximum atomic E-state index is 4.49. The lowest BCUT2D eigenvalue weighted by Crippen LogP contribution is -2.01. The zero-order valence-electron chi connectivity index (χ0n) is 14.5. The van der Waals surface area contributed by atoms with Gasteiger partial charge in [-0.2, -0.15) is 5.10 Å². The summed E-state index contributed by atoms with van der Waals surface area (Å²) in [5.74, 6) is 0.808. The highest BCUT2D eigenvalue weighted by Gasteiger charge is 2.19. The molecular weight excluding hydrogens is 342 g/mol. The third kappa shape index (κ3) is 2.49. The molecule has 1 aliphatic rings. The normalized spacial score (nSPS) is 14.3. The van der Waals surface area contributed by atoms with Crippen molar-refractivity contribution < 1.29 is 0 Å². The van der Waals surface area contributed by atoms with Crippen LogP contribution in [-0.2, 0) is 12.8 Å². The van der Waals surface area contributed by atoms with Crippen molar-refractivity contribution in [2.45, 2.75) is 32.6 Å². The minimum atomic E-state index is 0.808.